The minimum absolute atomic E-state index is 0.428. The first-order valence-corrected chi connectivity index (χ1v) is 8.81. The molecule has 2 aromatic carbocycles. The summed E-state index contributed by atoms with van der Waals surface area (Å²) in [4.78, 5) is 1.80. The number of benzene rings is 2. The van der Waals surface area contributed by atoms with Gasteiger partial charge in [-0.1, -0.05) is 82.1 Å². The van der Waals surface area contributed by atoms with Crippen LogP contribution in [0.5, 0.6) is 0 Å². The number of hydrogen-bond acceptors (Lipinski definition) is 3. The van der Waals surface area contributed by atoms with Crippen molar-refractivity contribution in [2.45, 2.75) is 9.79 Å². The molecule has 0 aromatic heterocycles. The summed E-state index contributed by atoms with van der Waals surface area (Å²) in [5.41, 5.74) is 0. The predicted octanol–water partition coefficient (Wildman–Crippen LogP) is 7.47. The Hall–Kier alpha value is 0.390. The van der Waals surface area contributed by atoms with Crippen molar-refractivity contribution in [3.05, 3.63) is 56.5 Å². The molecule has 0 bridgehead atoms. The molecule has 2 rings (SSSR count). The van der Waals surface area contributed by atoms with Crippen molar-refractivity contribution in [2.75, 3.05) is 0 Å². The maximum Gasteiger partial charge on any atom is 0.113 e. The van der Waals surface area contributed by atoms with E-state index in [-0.39, 0.29) is 0 Å². The van der Waals surface area contributed by atoms with Gasteiger partial charge in [-0.2, -0.15) is 0 Å². The van der Waals surface area contributed by atoms with Gasteiger partial charge in [-0.25, -0.2) is 0 Å². The molecule has 0 nitrogen and oxygen atoms in total. The van der Waals surface area contributed by atoms with E-state index in [1.165, 1.54) is 23.5 Å². The summed E-state index contributed by atoms with van der Waals surface area (Å²) in [6, 6.07) is 10.8. The molecular formula is C13H6Cl4S3. The molecule has 7 heteroatoms. The van der Waals surface area contributed by atoms with Crippen LogP contribution in [0.4, 0.5) is 0 Å². The van der Waals surface area contributed by atoms with E-state index in [4.69, 9.17) is 58.6 Å². The van der Waals surface area contributed by atoms with Gasteiger partial charge >= 0.3 is 0 Å². The number of thioether (sulfide) groups is 2. The van der Waals surface area contributed by atoms with Crippen molar-refractivity contribution in [2.24, 2.45) is 0 Å². The Balaban J connectivity index is 2.08. The van der Waals surface area contributed by atoms with Crippen LogP contribution >= 0.6 is 82.1 Å². The van der Waals surface area contributed by atoms with Gasteiger partial charge in [0.25, 0.3) is 0 Å². The van der Waals surface area contributed by atoms with Crippen molar-refractivity contribution in [3.8, 4) is 0 Å². The first-order chi connectivity index (χ1) is 9.45. The van der Waals surface area contributed by atoms with Crippen molar-refractivity contribution < 1.29 is 0 Å². The second kappa shape index (κ2) is 7.59. The van der Waals surface area contributed by atoms with Crippen molar-refractivity contribution >= 4 is 85.7 Å². The molecule has 0 aliphatic rings. The lowest BCUT2D eigenvalue weighted by Crippen LogP contribution is -1.84. The van der Waals surface area contributed by atoms with E-state index in [2.05, 4.69) is 0 Å². The second-order valence-corrected chi connectivity index (χ2v) is 8.58. The molecule has 0 unspecified atom stereocenters. The average Bonchev–Trinajstić information content (AvgIpc) is 2.39. The summed E-state index contributed by atoms with van der Waals surface area (Å²) < 4.78 is 0.715. The molecule has 0 aliphatic carbocycles. The van der Waals surface area contributed by atoms with Gasteiger partial charge in [0.2, 0.25) is 0 Å². The summed E-state index contributed by atoms with van der Waals surface area (Å²) in [6.07, 6.45) is 0. The highest BCUT2D eigenvalue weighted by molar-refractivity contribution is 8.47. The summed E-state index contributed by atoms with van der Waals surface area (Å²) >= 11 is 32.0. The molecule has 0 saturated carbocycles. The van der Waals surface area contributed by atoms with Crippen LogP contribution in [0.15, 0.2) is 46.2 Å². The van der Waals surface area contributed by atoms with Gasteiger partial charge in [-0.05, 0) is 36.4 Å². The summed E-state index contributed by atoms with van der Waals surface area (Å²) in [5.74, 6) is 0. The maximum absolute atomic E-state index is 6.12. The van der Waals surface area contributed by atoms with Gasteiger partial charge in [-0.15, -0.1) is 0 Å². The van der Waals surface area contributed by atoms with E-state index < -0.39 is 0 Å². The zero-order chi connectivity index (χ0) is 14.7. The smallest absolute Gasteiger partial charge is 0.0843 e. The van der Waals surface area contributed by atoms with E-state index in [0.29, 0.717) is 23.6 Å². The fraction of sp³-hybridized carbons (Fsp3) is 0. The first-order valence-electron chi connectivity index (χ1n) is 5.25. The predicted molar refractivity (Wildman–Crippen MR) is 97.2 cm³/mol. The standard InChI is InChI=1S/C13H6Cl4S3/c14-7-1-3-8(4-2-7)19-13(18)20-12-6-10(16)9(15)5-11(12)17/h1-6H. The molecule has 104 valence electrons. The first kappa shape index (κ1) is 16.8. The van der Waals surface area contributed by atoms with Crippen LogP contribution in [0.2, 0.25) is 20.1 Å². The zero-order valence-electron chi connectivity index (χ0n) is 9.70. The van der Waals surface area contributed by atoms with Gasteiger partial charge < -0.3 is 0 Å². The molecule has 0 spiro atoms. The Kier molecular flexibility index (Phi) is 6.36. The Morgan fingerprint density at radius 3 is 2.05 bits per heavy atom. The van der Waals surface area contributed by atoms with Crippen LogP contribution in [-0.2, 0) is 0 Å². The van der Waals surface area contributed by atoms with E-state index in [1.807, 2.05) is 24.3 Å². The highest BCUT2D eigenvalue weighted by atomic mass is 35.5. The molecule has 0 fully saturated rings. The number of halogens is 4. The quantitative estimate of drug-likeness (QED) is 0.292. The summed E-state index contributed by atoms with van der Waals surface area (Å²) in [6.45, 7) is 0. The SMILES string of the molecule is S=C(Sc1ccc(Cl)cc1)Sc1cc(Cl)c(Cl)cc1Cl. The maximum atomic E-state index is 6.12. The van der Waals surface area contributed by atoms with Gasteiger partial charge in [0.1, 0.15) is 3.53 Å². The van der Waals surface area contributed by atoms with Crippen LogP contribution in [0.25, 0.3) is 0 Å². The van der Waals surface area contributed by atoms with E-state index in [1.54, 1.807) is 12.1 Å². The highest BCUT2D eigenvalue weighted by Gasteiger charge is 2.10. The highest BCUT2D eigenvalue weighted by Crippen LogP contribution is 2.38. The van der Waals surface area contributed by atoms with E-state index in [9.17, 15) is 0 Å². The fourth-order valence-electron chi connectivity index (χ4n) is 1.29. The molecular weight excluding hydrogens is 394 g/mol. The zero-order valence-corrected chi connectivity index (χ0v) is 15.2. The van der Waals surface area contributed by atoms with Crippen LogP contribution in [0, 0.1) is 0 Å². The third-order valence-electron chi connectivity index (χ3n) is 2.18. The normalized spacial score (nSPS) is 10.6. The van der Waals surface area contributed by atoms with Gasteiger partial charge in [0.15, 0.2) is 0 Å². The van der Waals surface area contributed by atoms with Gasteiger partial charge in [-0.3, -0.25) is 0 Å². The Labute approximate surface area is 151 Å². The molecule has 0 atom stereocenters. The largest absolute Gasteiger partial charge is 0.113 e. The minimum atomic E-state index is 0.428. The molecule has 0 aliphatic heterocycles. The topological polar surface area (TPSA) is 0 Å². The summed E-state index contributed by atoms with van der Waals surface area (Å²) in [5, 5.41) is 2.11. The number of hydrogen-bond donors (Lipinski definition) is 0. The molecule has 20 heavy (non-hydrogen) atoms. The Morgan fingerprint density at radius 2 is 1.40 bits per heavy atom. The van der Waals surface area contributed by atoms with Gasteiger partial charge in [0.05, 0.1) is 15.1 Å². The number of thiocarbonyl (C=S) groups is 1. The molecule has 0 amide bonds. The third kappa shape index (κ3) is 4.70. The molecule has 0 heterocycles. The molecule has 0 N–H and O–H groups in total. The average molecular weight is 400 g/mol. The lowest BCUT2D eigenvalue weighted by atomic mass is 10.4. The van der Waals surface area contributed by atoms with Crippen LogP contribution < -0.4 is 0 Å². The second-order valence-electron chi connectivity index (χ2n) is 3.60. The molecule has 2 aromatic rings. The Morgan fingerprint density at radius 1 is 0.800 bits per heavy atom. The summed E-state index contributed by atoms with van der Waals surface area (Å²) in [7, 11) is 0. The van der Waals surface area contributed by atoms with Crippen LogP contribution in [0.3, 0.4) is 0 Å². The monoisotopic (exact) mass is 398 g/mol. The van der Waals surface area contributed by atoms with Crippen molar-refractivity contribution in [1.82, 2.24) is 0 Å². The van der Waals surface area contributed by atoms with Crippen molar-refractivity contribution in [1.29, 1.82) is 0 Å². The molecule has 0 radical (unpaired) electrons. The van der Waals surface area contributed by atoms with Crippen LogP contribution in [0.1, 0.15) is 0 Å². The third-order valence-corrected chi connectivity index (χ3v) is 5.98. The molecule has 0 saturated heterocycles. The fourth-order valence-corrected chi connectivity index (χ4v) is 4.41. The number of rotatable bonds is 2. The van der Waals surface area contributed by atoms with Gasteiger partial charge in [0, 0.05) is 14.8 Å². The Bertz CT molecular complexity index is 641. The lowest BCUT2D eigenvalue weighted by molar-refractivity contribution is 1.47. The minimum Gasteiger partial charge on any atom is -0.0843 e. The van der Waals surface area contributed by atoms with Crippen molar-refractivity contribution in [3.63, 3.8) is 0 Å². The van der Waals surface area contributed by atoms with E-state index in [0.717, 1.165) is 9.79 Å². The lowest BCUT2D eigenvalue weighted by Gasteiger charge is -2.07. The van der Waals surface area contributed by atoms with Crippen LogP contribution in [-0.4, -0.2) is 3.53 Å². The van der Waals surface area contributed by atoms with E-state index >= 15 is 0 Å².